The van der Waals surface area contributed by atoms with Gasteiger partial charge in [0, 0.05) is 55.0 Å². The van der Waals surface area contributed by atoms with E-state index >= 15 is 0 Å². The Labute approximate surface area is 313 Å². The van der Waals surface area contributed by atoms with Crippen molar-refractivity contribution < 1.29 is 19.4 Å². The highest BCUT2D eigenvalue weighted by Gasteiger charge is 2.35. The molecule has 0 saturated carbocycles. The number of carbonyl (C=O) groups excluding carboxylic acids is 2. The van der Waals surface area contributed by atoms with E-state index in [9.17, 15) is 14.7 Å². The van der Waals surface area contributed by atoms with Crippen LogP contribution in [0.25, 0.3) is 0 Å². The number of imide groups is 1. The molecule has 3 atom stereocenters. The predicted octanol–water partition coefficient (Wildman–Crippen LogP) is 7.58. The molecule has 3 fully saturated rings. The van der Waals surface area contributed by atoms with Gasteiger partial charge in [0.15, 0.2) is 0 Å². The molecular weight excluding hydrogens is 661 g/mol. The molecule has 0 bridgehead atoms. The van der Waals surface area contributed by atoms with Crippen LogP contribution in [-0.4, -0.2) is 67.7 Å². The summed E-state index contributed by atoms with van der Waals surface area (Å²) < 4.78 is 6.15. The molecule has 1 aliphatic carbocycles. The lowest BCUT2D eigenvalue weighted by Crippen LogP contribution is -2.47. The number of rotatable bonds is 9. The summed E-state index contributed by atoms with van der Waals surface area (Å²) in [6.45, 7) is 5.55. The van der Waals surface area contributed by atoms with Crippen molar-refractivity contribution in [3.63, 3.8) is 0 Å². The van der Waals surface area contributed by atoms with Gasteiger partial charge in [-0.15, -0.1) is 0 Å². The zero-order valence-corrected chi connectivity index (χ0v) is 30.8. The predicted molar refractivity (Wildman–Crippen MR) is 210 cm³/mol. The van der Waals surface area contributed by atoms with Crippen LogP contribution in [0.5, 0.6) is 11.5 Å². The molecule has 0 radical (unpaired) electrons. The number of phenolic OH excluding ortho intramolecular Hbond substituents is 1. The summed E-state index contributed by atoms with van der Waals surface area (Å²) in [6, 6.07) is 31.8. The highest BCUT2D eigenvalue weighted by Crippen LogP contribution is 2.50. The molecule has 0 unspecified atom stereocenters. The molecular formula is C45H52N4O4. The summed E-state index contributed by atoms with van der Waals surface area (Å²) in [5, 5.41) is 16.0. The number of aryl methyl sites for hydroxylation is 1. The first-order chi connectivity index (χ1) is 25.9. The molecule has 3 saturated heterocycles. The molecule has 3 N–H and O–H groups in total. The van der Waals surface area contributed by atoms with E-state index < -0.39 is 0 Å². The SMILES string of the molecule is COc1cc(N2CCC(CN3CCC(c4ccc(N[C@H]5CCC(=O)NC5=O)cc4)CC3)CC2)ccc1[C@@H]1c2ccc(O)cc2CC[C@@H]1c1ccccc1. The second kappa shape index (κ2) is 15.7. The maximum absolute atomic E-state index is 12.1. The van der Waals surface area contributed by atoms with Crippen molar-refractivity contribution in [2.24, 2.45) is 5.92 Å². The summed E-state index contributed by atoms with van der Waals surface area (Å²) in [5.41, 5.74) is 8.62. The maximum atomic E-state index is 12.1. The van der Waals surface area contributed by atoms with Crippen LogP contribution in [0.2, 0.25) is 0 Å². The fraction of sp³-hybridized carbons (Fsp3) is 0.422. The third kappa shape index (κ3) is 7.79. The van der Waals surface area contributed by atoms with Crippen molar-refractivity contribution in [3.8, 4) is 11.5 Å². The molecule has 8 heteroatoms. The minimum Gasteiger partial charge on any atom is -0.508 e. The van der Waals surface area contributed by atoms with E-state index in [1.165, 1.54) is 65.7 Å². The lowest BCUT2D eigenvalue weighted by Gasteiger charge is -2.39. The third-order valence-electron chi connectivity index (χ3n) is 12.4. The minimum absolute atomic E-state index is 0.155. The molecule has 0 spiro atoms. The number of aromatic hydroxyl groups is 1. The van der Waals surface area contributed by atoms with E-state index in [4.69, 9.17) is 4.74 Å². The molecule has 3 aliphatic heterocycles. The second-order valence-electron chi connectivity index (χ2n) is 15.6. The van der Waals surface area contributed by atoms with Crippen LogP contribution >= 0.6 is 0 Å². The molecule has 53 heavy (non-hydrogen) atoms. The molecule has 276 valence electrons. The van der Waals surface area contributed by atoms with Gasteiger partial charge in [-0.1, -0.05) is 54.6 Å². The number of nitrogens with zero attached hydrogens (tertiary/aromatic N) is 2. The fourth-order valence-corrected chi connectivity index (χ4v) is 9.48. The Morgan fingerprint density at radius 2 is 1.53 bits per heavy atom. The van der Waals surface area contributed by atoms with Gasteiger partial charge in [0.05, 0.1) is 7.11 Å². The van der Waals surface area contributed by atoms with Crippen LogP contribution in [0.15, 0.2) is 91.0 Å². The smallest absolute Gasteiger partial charge is 0.249 e. The number of carbonyl (C=O) groups is 2. The Morgan fingerprint density at radius 1 is 0.774 bits per heavy atom. The van der Waals surface area contributed by atoms with Gasteiger partial charge in [-0.05, 0) is 128 Å². The number of piperidine rings is 3. The van der Waals surface area contributed by atoms with Crippen LogP contribution in [0.4, 0.5) is 11.4 Å². The number of methoxy groups -OCH3 is 1. The number of ether oxygens (including phenoxy) is 1. The van der Waals surface area contributed by atoms with Gasteiger partial charge >= 0.3 is 0 Å². The van der Waals surface area contributed by atoms with Gasteiger partial charge in [-0.25, -0.2) is 0 Å². The van der Waals surface area contributed by atoms with E-state index in [1.54, 1.807) is 7.11 Å². The first kappa shape index (κ1) is 35.2. The molecule has 0 aromatic heterocycles. The van der Waals surface area contributed by atoms with Gasteiger partial charge in [0.2, 0.25) is 11.8 Å². The summed E-state index contributed by atoms with van der Waals surface area (Å²) in [5.74, 6) is 2.62. The van der Waals surface area contributed by atoms with E-state index in [0.29, 0.717) is 36.3 Å². The molecule has 8 nitrogen and oxygen atoms in total. The molecule has 4 aliphatic rings. The number of hydrogen-bond donors (Lipinski definition) is 3. The lowest BCUT2D eigenvalue weighted by molar-refractivity contribution is -0.133. The molecule has 3 heterocycles. The Kier molecular flexibility index (Phi) is 10.4. The summed E-state index contributed by atoms with van der Waals surface area (Å²) >= 11 is 0. The number of amides is 2. The Morgan fingerprint density at radius 3 is 2.26 bits per heavy atom. The lowest BCUT2D eigenvalue weighted by atomic mass is 9.69. The van der Waals surface area contributed by atoms with Gasteiger partial charge in [0.25, 0.3) is 0 Å². The number of anilines is 2. The highest BCUT2D eigenvalue weighted by atomic mass is 16.5. The van der Waals surface area contributed by atoms with Crippen molar-refractivity contribution in [2.45, 2.75) is 75.2 Å². The van der Waals surface area contributed by atoms with Crippen molar-refractivity contribution in [1.29, 1.82) is 0 Å². The van der Waals surface area contributed by atoms with Gasteiger partial charge in [0.1, 0.15) is 17.5 Å². The largest absolute Gasteiger partial charge is 0.508 e. The first-order valence-corrected chi connectivity index (χ1v) is 19.6. The molecule has 4 aromatic rings. The number of likely N-dealkylation sites (tertiary alicyclic amines) is 1. The summed E-state index contributed by atoms with van der Waals surface area (Å²) in [7, 11) is 1.80. The Hall–Kier alpha value is -4.82. The van der Waals surface area contributed by atoms with E-state index in [0.717, 1.165) is 50.5 Å². The van der Waals surface area contributed by atoms with Crippen LogP contribution in [0.1, 0.15) is 90.5 Å². The average Bonchev–Trinajstić information content (AvgIpc) is 3.19. The number of benzene rings is 4. The monoisotopic (exact) mass is 712 g/mol. The Bertz CT molecular complexity index is 1900. The fourth-order valence-electron chi connectivity index (χ4n) is 9.48. The zero-order valence-electron chi connectivity index (χ0n) is 30.8. The van der Waals surface area contributed by atoms with E-state index in [-0.39, 0.29) is 23.8 Å². The summed E-state index contributed by atoms with van der Waals surface area (Å²) in [4.78, 5) is 28.8. The van der Waals surface area contributed by atoms with Gasteiger partial charge in [-0.2, -0.15) is 0 Å². The summed E-state index contributed by atoms with van der Waals surface area (Å²) in [6.07, 6.45) is 7.62. The topological polar surface area (TPSA) is 94.1 Å². The third-order valence-corrected chi connectivity index (χ3v) is 12.4. The van der Waals surface area contributed by atoms with Crippen molar-refractivity contribution in [3.05, 3.63) is 119 Å². The van der Waals surface area contributed by atoms with Crippen LogP contribution in [-0.2, 0) is 16.0 Å². The van der Waals surface area contributed by atoms with E-state index in [1.807, 2.05) is 12.1 Å². The second-order valence-corrected chi connectivity index (χ2v) is 15.6. The van der Waals surface area contributed by atoms with Crippen molar-refractivity contribution >= 4 is 23.2 Å². The van der Waals surface area contributed by atoms with Crippen molar-refractivity contribution in [1.82, 2.24) is 10.2 Å². The van der Waals surface area contributed by atoms with Crippen LogP contribution in [0.3, 0.4) is 0 Å². The highest BCUT2D eigenvalue weighted by molar-refractivity contribution is 6.01. The molecule has 8 rings (SSSR count). The van der Waals surface area contributed by atoms with Crippen LogP contribution in [0, 0.1) is 5.92 Å². The first-order valence-electron chi connectivity index (χ1n) is 19.6. The molecule has 2 amide bonds. The quantitative estimate of drug-likeness (QED) is 0.154. The molecule has 4 aromatic carbocycles. The number of phenols is 1. The van der Waals surface area contributed by atoms with Crippen molar-refractivity contribution in [2.75, 3.05) is 50.1 Å². The normalized spacial score (nSPS) is 23.0. The van der Waals surface area contributed by atoms with Crippen LogP contribution < -0.4 is 20.3 Å². The minimum atomic E-state index is -0.354. The number of fused-ring (bicyclic) bond motifs is 1. The standard InChI is InChI=1S/C45H52N4O4/c1-53-42-28-36(12-15-40(42)44-38(33-5-3-2-4-6-33)14-9-34-27-37(50)13-16-39(34)44)49-25-19-30(20-26-49)29-48-23-21-32(22-24-48)31-7-10-35(11-8-31)46-41-17-18-43(51)47-45(41)52/h2-8,10-13,15-16,27-28,30,32,38,41,44,46,50H,9,14,17-26,29H2,1H3,(H,47,51,52)/t38-,41+,44+/m1/s1. The maximum Gasteiger partial charge on any atom is 0.249 e. The average molecular weight is 713 g/mol. The number of hydrogen-bond acceptors (Lipinski definition) is 7. The van der Waals surface area contributed by atoms with Gasteiger partial charge < -0.3 is 25.0 Å². The van der Waals surface area contributed by atoms with E-state index in [2.05, 4.69) is 99.3 Å². The Balaban J connectivity index is 0.858. The van der Waals surface area contributed by atoms with Gasteiger partial charge in [-0.3, -0.25) is 14.9 Å². The number of nitrogens with one attached hydrogen (secondary N) is 2. The zero-order chi connectivity index (χ0) is 36.3.